The molecule has 0 aliphatic heterocycles. The Kier molecular flexibility index (Phi) is 15.7. The third-order valence-electron chi connectivity index (χ3n) is 5.42. The van der Waals surface area contributed by atoms with Gasteiger partial charge in [0.05, 0.1) is 6.54 Å². The molecule has 0 saturated heterocycles. The van der Waals surface area contributed by atoms with Crippen LogP contribution in [0.5, 0.6) is 0 Å². The van der Waals surface area contributed by atoms with Crippen molar-refractivity contribution in [1.29, 1.82) is 0 Å². The summed E-state index contributed by atoms with van der Waals surface area (Å²) in [7, 11) is 5.88. The number of likely N-dealkylation sites (N-methyl/N-ethyl adjacent to an activating group) is 1. The number of oxime groups is 4. The first kappa shape index (κ1) is 36.4. The molecule has 244 valence electrons. The Balaban J connectivity index is 0.000000394. The molecule has 1 saturated carbocycles. The van der Waals surface area contributed by atoms with Crippen molar-refractivity contribution in [2.75, 3.05) is 28.3 Å². The average molecular weight is 667 g/mol. The van der Waals surface area contributed by atoms with Crippen LogP contribution in [0.4, 0.5) is 0 Å². The van der Waals surface area contributed by atoms with E-state index in [0.29, 0.717) is 39.3 Å². The number of guanidine groups is 1. The van der Waals surface area contributed by atoms with Gasteiger partial charge in [0.1, 0.15) is 43.5 Å². The monoisotopic (exact) mass is 666 g/mol. The molecule has 0 radical (unpaired) electrons. The van der Waals surface area contributed by atoms with Crippen LogP contribution < -0.4 is 16.0 Å². The van der Waals surface area contributed by atoms with Gasteiger partial charge in [-0.05, 0) is 26.7 Å². The van der Waals surface area contributed by atoms with E-state index in [1.165, 1.54) is 39.7 Å². The van der Waals surface area contributed by atoms with E-state index in [1.54, 1.807) is 32.2 Å². The minimum absolute atomic E-state index is 0.0875. The van der Waals surface area contributed by atoms with Crippen LogP contribution in [-0.4, -0.2) is 79.1 Å². The normalized spacial score (nSPS) is 14.1. The first-order chi connectivity index (χ1) is 21.6. The number of thiazole rings is 1. The summed E-state index contributed by atoms with van der Waals surface area (Å²) in [5.41, 5.74) is 2.84. The SMILES string of the molecule is CN/C(=N\[N+](=O)[O-])NCc1cnc(Cl)s1.CNC(=O)/C(=N/OC)c1ccccc1CO/N=C(C)/C(=N/OC)C(/C)=N/OC1CC1. The highest BCUT2D eigenvalue weighted by molar-refractivity contribution is 7.15. The van der Waals surface area contributed by atoms with Crippen LogP contribution in [0.2, 0.25) is 4.47 Å². The number of benzene rings is 1. The van der Waals surface area contributed by atoms with Gasteiger partial charge in [-0.2, -0.15) is 0 Å². The molecule has 19 heteroatoms. The fraction of sp³-hybridized carbons (Fsp3) is 0.423. The van der Waals surface area contributed by atoms with Crippen molar-refractivity contribution < 1.29 is 29.2 Å². The highest BCUT2D eigenvalue weighted by atomic mass is 35.5. The standard InChI is InChI=1S/C20H27N5O5.C6H8ClN5O2S/c1-13(18(24-27-4)14(2)23-30-16-10-11-16)22-29-12-15-8-6-7-9-17(15)19(25-28-5)20(26)21-3;1-8-6(11-12(13)14)10-3-4-2-9-5(7)15-4/h6-9,16H,10-12H2,1-5H3,(H,21,26);2H,3H2,1H3,(H2,8,10,11)/b22-13+,23-14+,24-18-,25-19+;. The van der Waals surface area contributed by atoms with Gasteiger partial charge in [-0.25, -0.2) is 15.1 Å². The van der Waals surface area contributed by atoms with E-state index in [-0.39, 0.29) is 30.3 Å². The maximum Gasteiger partial charge on any atom is 0.273 e. The van der Waals surface area contributed by atoms with Gasteiger partial charge in [-0.1, -0.05) is 56.5 Å². The average Bonchev–Trinajstić information content (AvgIpc) is 3.77. The minimum Gasteiger partial charge on any atom is -0.399 e. The van der Waals surface area contributed by atoms with Crippen LogP contribution in [0.15, 0.2) is 56.2 Å². The number of rotatable bonds is 14. The van der Waals surface area contributed by atoms with Gasteiger partial charge in [0.25, 0.3) is 11.9 Å². The molecule has 3 rings (SSSR count). The molecule has 45 heavy (non-hydrogen) atoms. The molecule has 2 aromatic rings. The number of carbonyl (C=O) groups is 1. The van der Waals surface area contributed by atoms with Crippen molar-refractivity contribution in [1.82, 2.24) is 20.9 Å². The van der Waals surface area contributed by atoms with Crippen LogP contribution in [-0.2, 0) is 37.3 Å². The van der Waals surface area contributed by atoms with Crippen LogP contribution in [0.3, 0.4) is 0 Å². The second-order valence-corrected chi connectivity index (χ2v) is 10.5. The highest BCUT2D eigenvalue weighted by Gasteiger charge is 2.24. The summed E-state index contributed by atoms with van der Waals surface area (Å²) in [4.78, 5) is 47.5. The van der Waals surface area contributed by atoms with Gasteiger partial charge in [-0.15, -0.1) is 11.3 Å². The molecule has 1 aliphatic carbocycles. The van der Waals surface area contributed by atoms with Gasteiger partial charge < -0.3 is 35.3 Å². The van der Waals surface area contributed by atoms with E-state index in [0.717, 1.165) is 17.7 Å². The number of aromatic nitrogens is 1. The van der Waals surface area contributed by atoms with Crippen molar-refractivity contribution in [3.8, 4) is 0 Å². The van der Waals surface area contributed by atoms with Crippen LogP contribution in [0.1, 0.15) is 42.7 Å². The quantitative estimate of drug-likeness (QED) is 0.116. The largest absolute Gasteiger partial charge is 0.399 e. The number of halogens is 1. The third-order valence-corrected chi connectivity index (χ3v) is 6.54. The molecule has 1 aromatic heterocycles. The van der Waals surface area contributed by atoms with Crippen LogP contribution in [0.25, 0.3) is 0 Å². The Labute approximate surface area is 268 Å². The number of nitro groups is 1. The second kappa shape index (κ2) is 19.4. The van der Waals surface area contributed by atoms with E-state index in [9.17, 15) is 14.9 Å². The summed E-state index contributed by atoms with van der Waals surface area (Å²) >= 11 is 6.92. The Morgan fingerprint density at radius 3 is 2.36 bits per heavy atom. The van der Waals surface area contributed by atoms with Crippen molar-refractivity contribution in [3.05, 3.63) is 61.0 Å². The fourth-order valence-corrected chi connectivity index (χ4v) is 4.11. The zero-order valence-electron chi connectivity index (χ0n) is 25.6. The fourth-order valence-electron chi connectivity index (χ4n) is 3.19. The molecule has 1 fully saturated rings. The molecule has 0 bridgehead atoms. The maximum absolute atomic E-state index is 12.1. The lowest BCUT2D eigenvalue weighted by Crippen LogP contribution is -2.34. The number of nitrogens with zero attached hydrogens (tertiary/aromatic N) is 7. The molecule has 1 aliphatic rings. The summed E-state index contributed by atoms with van der Waals surface area (Å²) in [5.74, 6) is -0.287. The highest BCUT2D eigenvalue weighted by Crippen LogP contribution is 2.23. The van der Waals surface area contributed by atoms with Gasteiger partial charge in [0.2, 0.25) is 0 Å². The molecular weight excluding hydrogens is 632 g/mol. The molecule has 1 heterocycles. The molecule has 17 nitrogen and oxygen atoms in total. The summed E-state index contributed by atoms with van der Waals surface area (Å²) in [6.45, 7) is 3.97. The zero-order valence-corrected chi connectivity index (χ0v) is 27.1. The van der Waals surface area contributed by atoms with Crippen LogP contribution >= 0.6 is 22.9 Å². The van der Waals surface area contributed by atoms with Crippen LogP contribution in [0, 0.1) is 10.1 Å². The number of carbonyl (C=O) groups excluding carboxylic acids is 1. The number of hydrazone groups is 1. The van der Waals surface area contributed by atoms with Crippen molar-refractivity contribution >= 4 is 57.7 Å². The van der Waals surface area contributed by atoms with Gasteiger partial charge >= 0.3 is 0 Å². The lowest BCUT2D eigenvalue weighted by Gasteiger charge is -2.10. The van der Waals surface area contributed by atoms with E-state index in [1.807, 2.05) is 12.1 Å². The van der Waals surface area contributed by atoms with E-state index in [2.05, 4.69) is 46.7 Å². The molecule has 1 amide bonds. The summed E-state index contributed by atoms with van der Waals surface area (Å²) in [6.07, 6.45) is 3.79. The lowest BCUT2D eigenvalue weighted by molar-refractivity contribution is -0.485. The Bertz CT molecular complexity index is 1440. The molecule has 3 N–H and O–H groups in total. The molecule has 1 aromatic carbocycles. The van der Waals surface area contributed by atoms with Gasteiger partial charge in [-0.3, -0.25) is 4.79 Å². The molecule has 0 unspecified atom stereocenters. The number of nitrogens with one attached hydrogen (secondary N) is 3. The van der Waals surface area contributed by atoms with Crippen molar-refractivity contribution in [2.24, 2.45) is 25.7 Å². The Morgan fingerprint density at radius 2 is 1.78 bits per heavy atom. The zero-order chi connectivity index (χ0) is 33.2. The Hall–Kier alpha value is -4.84. The third kappa shape index (κ3) is 13.1. The van der Waals surface area contributed by atoms with E-state index >= 15 is 0 Å². The maximum atomic E-state index is 12.1. The van der Waals surface area contributed by atoms with Crippen molar-refractivity contribution in [3.63, 3.8) is 0 Å². The summed E-state index contributed by atoms with van der Waals surface area (Å²) in [6, 6.07) is 7.20. The first-order valence-corrected chi connectivity index (χ1v) is 14.5. The molecule has 0 atom stereocenters. The smallest absolute Gasteiger partial charge is 0.273 e. The number of hydrogen-bond acceptors (Lipinski definition) is 13. The van der Waals surface area contributed by atoms with Gasteiger partial charge in [0.15, 0.2) is 20.9 Å². The van der Waals surface area contributed by atoms with Crippen molar-refractivity contribution in [2.45, 2.75) is 45.9 Å². The summed E-state index contributed by atoms with van der Waals surface area (Å²) in [5, 5.41) is 36.2. The second-order valence-electron chi connectivity index (χ2n) is 8.78. The first-order valence-electron chi connectivity index (χ1n) is 13.3. The molecular formula is C26H35ClN10O7S. The predicted molar refractivity (Wildman–Crippen MR) is 171 cm³/mol. The van der Waals surface area contributed by atoms with E-state index in [4.69, 9.17) is 31.0 Å². The van der Waals surface area contributed by atoms with Gasteiger partial charge in [0, 0.05) is 36.3 Å². The topological polar surface area (TPSA) is 208 Å². The minimum atomic E-state index is -0.779. The Morgan fingerprint density at radius 1 is 1.09 bits per heavy atom. The number of hydrogen-bond donors (Lipinski definition) is 3. The lowest BCUT2D eigenvalue weighted by atomic mass is 10.0. The predicted octanol–water partition coefficient (Wildman–Crippen LogP) is 2.89. The molecule has 0 spiro atoms. The van der Waals surface area contributed by atoms with E-state index < -0.39 is 5.03 Å². The number of amides is 1. The summed E-state index contributed by atoms with van der Waals surface area (Å²) < 4.78 is 0.434.